The van der Waals surface area contributed by atoms with Gasteiger partial charge in [-0.05, 0) is 43.8 Å². The van der Waals surface area contributed by atoms with Crippen LogP contribution < -0.4 is 5.32 Å². The molecule has 5 heteroatoms. The van der Waals surface area contributed by atoms with E-state index in [4.69, 9.17) is 0 Å². The zero-order valence-corrected chi connectivity index (χ0v) is 15.2. The van der Waals surface area contributed by atoms with Crippen molar-refractivity contribution in [2.75, 3.05) is 31.1 Å². The highest BCUT2D eigenvalue weighted by molar-refractivity contribution is 7.99. The molecule has 1 amide bonds. The summed E-state index contributed by atoms with van der Waals surface area (Å²) in [6, 6.07) is 10.8. The summed E-state index contributed by atoms with van der Waals surface area (Å²) >= 11 is 1.96. The van der Waals surface area contributed by atoms with Gasteiger partial charge in [0.25, 0.3) is 0 Å². The van der Waals surface area contributed by atoms with Crippen LogP contribution in [0.1, 0.15) is 37.3 Å². The fraction of sp³-hybridized carbons (Fsp3) is 0.611. The van der Waals surface area contributed by atoms with Crippen LogP contribution in [0.25, 0.3) is 0 Å². The Hall–Kier alpha value is -0.710. The molecule has 0 spiro atoms. The molecule has 0 radical (unpaired) electrons. The fourth-order valence-electron chi connectivity index (χ4n) is 3.50. The summed E-state index contributed by atoms with van der Waals surface area (Å²) < 4.78 is 0. The molecule has 0 aliphatic carbocycles. The second-order valence-electron chi connectivity index (χ2n) is 6.32. The Labute approximate surface area is 150 Å². The van der Waals surface area contributed by atoms with Crippen LogP contribution in [0.15, 0.2) is 30.3 Å². The van der Waals surface area contributed by atoms with Crippen molar-refractivity contribution >= 4 is 30.1 Å². The van der Waals surface area contributed by atoms with Gasteiger partial charge in [0.15, 0.2) is 0 Å². The summed E-state index contributed by atoms with van der Waals surface area (Å²) in [5, 5.41) is 3.40. The first kappa shape index (κ1) is 18.6. The molecular formula is C18H27ClN2OS. The lowest BCUT2D eigenvalue weighted by atomic mass is 9.93. The maximum atomic E-state index is 12.7. The number of nitrogens with one attached hydrogen (secondary N) is 1. The Balaban J connectivity index is 0.00000192. The molecule has 2 aliphatic heterocycles. The number of carbonyl (C=O) groups excluding carboxylic acids is 1. The molecule has 2 heterocycles. The molecule has 1 atom stereocenters. The van der Waals surface area contributed by atoms with E-state index in [0.717, 1.165) is 49.9 Å². The van der Waals surface area contributed by atoms with Gasteiger partial charge in [0.05, 0.1) is 6.04 Å². The van der Waals surface area contributed by atoms with Crippen LogP contribution in [0.5, 0.6) is 0 Å². The van der Waals surface area contributed by atoms with Crippen LogP contribution in [0.2, 0.25) is 0 Å². The van der Waals surface area contributed by atoms with E-state index in [0.29, 0.717) is 5.91 Å². The molecule has 1 aromatic carbocycles. The van der Waals surface area contributed by atoms with Crippen molar-refractivity contribution in [1.82, 2.24) is 10.2 Å². The van der Waals surface area contributed by atoms with E-state index in [2.05, 4.69) is 34.5 Å². The largest absolute Gasteiger partial charge is 0.334 e. The zero-order chi connectivity index (χ0) is 15.2. The van der Waals surface area contributed by atoms with E-state index in [1.165, 1.54) is 18.4 Å². The van der Waals surface area contributed by atoms with E-state index >= 15 is 0 Å². The summed E-state index contributed by atoms with van der Waals surface area (Å²) in [6.07, 6.45) is 4.24. The van der Waals surface area contributed by atoms with E-state index < -0.39 is 0 Å². The molecule has 3 rings (SSSR count). The van der Waals surface area contributed by atoms with Crippen molar-refractivity contribution in [3.63, 3.8) is 0 Å². The van der Waals surface area contributed by atoms with Crippen LogP contribution in [-0.4, -0.2) is 41.9 Å². The number of benzene rings is 1. The SMILES string of the molecule is Cl.O=C(CCC1CCNCC1)N1CCSCC1c1ccccc1. The van der Waals surface area contributed by atoms with Gasteiger partial charge in [0, 0.05) is 24.5 Å². The summed E-state index contributed by atoms with van der Waals surface area (Å²) in [5.41, 5.74) is 1.28. The lowest BCUT2D eigenvalue weighted by molar-refractivity contribution is -0.133. The first-order valence-electron chi connectivity index (χ1n) is 8.47. The molecule has 2 aliphatic rings. The van der Waals surface area contributed by atoms with Crippen molar-refractivity contribution in [3.8, 4) is 0 Å². The lowest BCUT2D eigenvalue weighted by Crippen LogP contribution is -2.41. The Morgan fingerprint density at radius 2 is 1.96 bits per heavy atom. The maximum Gasteiger partial charge on any atom is 0.223 e. The highest BCUT2D eigenvalue weighted by atomic mass is 35.5. The highest BCUT2D eigenvalue weighted by Gasteiger charge is 2.28. The Bertz CT molecular complexity index is 479. The Morgan fingerprint density at radius 3 is 2.70 bits per heavy atom. The molecule has 0 saturated carbocycles. The van der Waals surface area contributed by atoms with E-state index in [1.54, 1.807) is 0 Å². The summed E-state index contributed by atoms with van der Waals surface area (Å²) in [5.74, 6) is 3.19. The third-order valence-electron chi connectivity index (χ3n) is 4.86. The second kappa shape index (κ2) is 9.55. The van der Waals surface area contributed by atoms with Crippen molar-refractivity contribution in [3.05, 3.63) is 35.9 Å². The number of amides is 1. The molecule has 0 aromatic heterocycles. The molecule has 0 bridgehead atoms. The predicted octanol–water partition coefficient (Wildman–Crippen LogP) is 3.50. The van der Waals surface area contributed by atoms with Crippen LogP contribution >= 0.6 is 24.2 Å². The number of rotatable bonds is 4. The minimum atomic E-state index is 0. The molecule has 3 nitrogen and oxygen atoms in total. The number of hydrogen-bond acceptors (Lipinski definition) is 3. The third-order valence-corrected chi connectivity index (χ3v) is 5.88. The predicted molar refractivity (Wildman–Crippen MR) is 100 cm³/mol. The molecule has 2 fully saturated rings. The zero-order valence-electron chi connectivity index (χ0n) is 13.6. The maximum absolute atomic E-state index is 12.7. The van der Waals surface area contributed by atoms with Gasteiger partial charge in [-0.3, -0.25) is 4.79 Å². The van der Waals surface area contributed by atoms with Gasteiger partial charge < -0.3 is 10.2 Å². The minimum Gasteiger partial charge on any atom is -0.334 e. The van der Waals surface area contributed by atoms with Gasteiger partial charge in [-0.2, -0.15) is 11.8 Å². The summed E-state index contributed by atoms with van der Waals surface area (Å²) in [4.78, 5) is 14.9. The molecule has 1 N–H and O–H groups in total. The number of carbonyl (C=O) groups is 1. The Morgan fingerprint density at radius 1 is 1.22 bits per heavy atom. The average molecular weight is 355 g/mol. The van der Waals surface area contributed by atoms with Crippen LogP contribution in [0.4, 0.5) is 0 Å². The topological polar surface area (TPSA) is 32.3 Å². The normalized spacial score (nSPS) is 22.4. The standard InChI is InChI=1S/C18H26N2OS.ClH/c21-18(7-6-15-8-10-19-11-9-15)20-12-13-22-14-17(20)16-4-2-1-3-5-16;/h1-5,15,17,19H,6-14H2;1H. The van der Waals surface area contributed by atoms with E-state index in [9.17, 15) is 4.79 Å². The molecular weight excluding hydrogens is 328 g/mol. The van der Waals surface area contributed by atoms with Crippen molar-refractivity contribution in [2.45, 2.75) is 31.7 Å². The number of thioether (sulfide) groups is 1. The van der Waals surface area contributed by atoms with Gasteiger partial charge in [-0.25, -0.2) is 0 Å². The minimum absolute atomic E-state index is 0. The van der Waals surface area contributed by atoms with Gasteiger partial charge in [-0.1, -0.05) is 30.3 Å². The van der Waals surface area contributed by atoms with E-state index in [-0.39, 0.29) is 18.4 Å². The molecule has 23 heavy (non-hydrogen) atoms. The average Bonchev–Trinajstić information content (AvgIpc) is 2.61. The monoisotopic (exact) mass is 354 g/mol. The smallest absolute Gasteiger partial charge is 0.223 e. The first-order valence-corrected chi connectivity index (χ1v) is 9.63. The summed E-state index contributed by atoms with van der Waals surface area (Å²) in [6.45, 7) is 3.13. The van der Waals surface area contributed by atoms with Gasteiger partial charge >= 0.3 is 0 Å². The quantitative estimate of drug-likeness (QED) is 0.898. The second-order valence-corrected chi connectivity index (χ2v) is 7.47. The summed E-state index contributed by atoms with van der Waals surface area (Å²) in [7, 11) is 0. The van der Waals surface area contributed by atoms with Gasteiger partial charge in [0.2, 0.25) is 5.91 Å². The van der Waals surface area contributed by atoms with E-state index in [1.807, 2.05) is 17.8 Å². The van der Waals surface area contributed by atoms with Gasteiger partial charge in [0.1, 0.15) is 0 Å². The van der Waals surface area contributed by atoms with Crippen LogP contribution in [0, 0.1) is 5.92 Å². The molecule has 2 saturated heterocycles. The van der Waals surface area contributed by atoms with Gasteiger partial charge in [-0.15, -0.1) is 12.4 Å². The number of nitrogens with zero attached hydrogens (tertiary/aromatic N) is 1. The lowest BCUT2D eigenvalue weighted by Gasteiger charge is -2.36. The number of piperidine rings is 1. The highest BCUT2D eigenvalue weighted by Crippen LogP contribution is 2.30. The number of halogens is 1. The Kier molecular flexibility index (Phi) is 7.74. The first-order chi connectivity index (χ1) is 10.8. The van der Waals surface area contributed by atoms with Crippen molar-refractivity contribution in [1.29, 1.82) is 0 Å². The van der Waals surface area contributed by atoms with Crippen LogP contribution in [0.3, 0.4) is 0 Å². The fourth-order valence-corrected chi connectivity index (χ4v) is 4.58. The molecule has 128 valence electrons. The van der Waals surface area contributed by atoms with Crippen LogP contribution in [-0.2, 0) is 4.79 Å². The van der Waals surface area contributed by atoms with Crippen molar-refractivity contribution in [2.24, 2.45) is 5.92 Å². The third kappa shape index (κ3) is 5.13. The van der Waals surface area contributed by atoms with Crippen molar-refractivity contribution < 1.29 is 4.79 Å². The molecule has 1 aromatic rings. The molecule has 1 unspecified atom stereocenters. The number of hydrogen-bond donors (Lipinski definition) is 1.